The lowest BCUT2D eigenvalue weighted by molar-refractivity contribution is 0.0368. The largest absolute Gasteiger partial charge is 0.402 e. The highest BCUT2D eigenvalue weighted by molar-refractivity contribution is 5.90. The summed E-state index contributed by atoms with van der Waals surface area (Å²) in [5.74, 6) is -2.12. The van der Waals surface area contributed by atoms with E-state index >= 15 is 0 Å². The summed E-state index contributed by atoms with van der Waals surface area (Å²) >= 11 is 0. The summed E-state index contributed by atoms with van der Waals surface area (Å²) in [6, 6.07) is 5.96. The van der Waals surface area contributed by atoms with Crippen LogP contribution in [0.2, 0.25) is 0 Å². The van der Waals surface area contributed by atoms with E-state index in [9.17, 15) is 13.9 Å². The maximum Gasteiger partial charge on any atom is 0.315 e. The van der Waals surface area contributed by atoms with Gasteiger partial charge in [-0.1, -0.05) is 32.3 Å². The number of alkyl halides is 2. The van der Waals surface area contributed by atoms with Crippen LogP contribution in [0.5, 0.6) is 0 Å². The Bertz CT molecular complexity index is 1180. The first-order chi connectivity index (χ1) is 16.4. The third kappa shape index (κ3) is 6.25. The molecule has 3 aromatic rings. The van der Waals surface area contributed by atoms with Gasteiger partial charge in [-0.05, 0) is 66.8 Å². The number of benzene rings is 1. The van der Waals surface area contributed by atoms with Crippen LogP contribution in [0.15, 0.2) is 22.6 Å². The highest BCUT2D eigenvalue weighted by Crippen LogP contribution is 2.35. The van der Waals surface area contributed by atoms with Gasteiger partial charge in [0.05, 0.1) is 18.2 Å². The zero-order chi connectivity index (χ0) is 25.4. The van der Waals surface area contributed by atoms with Crippen LogP contribution in [0, 0.1) is 12.8 Å². The van der Waals surface area contributed by atoms with Crippen molar-refractivity contribution in [2.24, 2.45) is 5.92 Å². The normalized spacial score (nSPS) is 19.2. The van der Waals surface area contributed by atoms with E-state index in [2.05, 4.69) is 41.6 Å². The molecule has 9 heteroatoms. The number of aromatic nitrogens is 3. The molecule has 190 valence electrons. The van der Waals surface area contributed by atoms with Crippen LogP contribution in [-0.4, -0.2) is 45.4 Å². The molecule has 2 unspecified atom stereocenters. The minimum atomic E-state index is -2.81. The molecule has 35 heavy (non-hydrogen) atoms. The quantitative estimate of drug-likeness (QED) is 0.381. The molecule has 1 aromatic carbocycles. The number of nitrogens with one attached hydrogen (secondary N) is 2. The maximum atomic E-state index is 13.4. The Morgan fingerprint density at radius 3 is 2.54 bits per heavy atom. The minimum Gasteiger partial charge on any atom is -0.402 e. The average molecular weight is 488 g/mol. The fourth-order valence-corrected chi connectivity index (χ4v) is 4.61. The van der Waals surface area contributed by atoms with Crippen molar-refractivity contribution < 1.29 is 18.3 Å². The van der Waals surface area contributed by atoms with Gasteiger partial charge in [0.25, 0.3) is 11.8 Å². The van der Waals surface area contributed by atoms with E-state index in [1.54, 1.807) is 0 Å². The summed E-state index contributed by atoms with van der Waals surface area (Å²) in [6.07, 6.45) is 3.51. The Hall–Kier alpha value is -2.81. The molecular weight excluding hydrogens is 452 g/mol. The first-order valence-corrected chi connectivity index (χ1v) is 12.2. The van der Waals surface area contributed by atoms with Gasteiger partial charge in [-0.2, -0.15) is 0 Å². The monoisotopic (exact) mass is 487 g/mol. The molecule has 0 saturated heterocycles. The predicted octanol–water partition coefficient (Wildman–Crippen LogP) is 5.92. The third-order valence-electron chi connectivity index (χ3n) is 6.47. The number of hydrogen-bond donors (Lipinski definition) is 3. The Morgan fingerprint density at radius 2 is 1.86 bits per heavy atom. The smallest absolute Gasteiger partial charge is 0.315 e. The van der Waals surface area contributed by atoms with Crippen molar-refractivity contribution in [1.29, 1.82) is 0 Å². The number of anilines is 2. The lowest BCUT2D eigenvalue weighted by Crippen LogP contribution is -2.25. The molecule has 0 radical (unpaired) electrons. The SMILES string of the molecule is Cc1cc(-c2nnc(NCC3CCCC(O)C3)o2)nc2c(C(C)(C)C)cc(NCC(C)(F)F)cc12. The van der Waals surface area contributed by atoms with Gasteiger partial charge in [-0.3, -0.25) is 0 Å². The van der Waals surface area contributed by atoms with E-state index in [1.165, 1.54) is 0 Å². The van der Waals surface area contributed by atoms with E-state index in [-0.39, 0.29) is 11.5 Å². The van der Waals surface area contributed by atoms with Crippen LogP contribution < -0.4 is 10.6 Å². The Labute approximate surface area is 204 Å². The lowest BCUT2D eigenvalue weighted by atomic mass is 9.84. The van der Waals surface area contributed by atoms with Crippen molar-refractivity contribution in [3.05, 3.63) is 29.3 Å². The fraction of sp³-hybridized carbons (Fsp3) is 0.577. The van der Waals surface area contributed by atoms with Gasteiger partial charge in [0.1, 0.15) is 5.69 Å². The molecule has 3 N–H and O–H groups in total. The van der Waals surface area contributed by atoms with Crippen molar-refractivity contribution >= 4 is 22.6 Å². The molecule has 2 atom stereocenters. The number of nitrogens with zero attached hydrogens (tertiary/aromatic N) is 3. The molecule has 0 bridgehead atoms. The highest BCUT2D eigenvalue weighted by Gasteiger charge is 2.25. The maximum absolute atomic E-state index is 13.4. The summed E-state index contributed by atoms with van der Waals surface area (Å²) < 4.78 is 32.7. The van der Waals surface area contributed by atoms with Crippen LogP contribution in [0.4, 0.5) is 20.5 Å². The number of aliphatic hydroxyl groups excluding tert-OH is 1. The zero-order valence-corrected chi connectivity index (χ0v) is 21.1. The number of aliphatic hydroxyl groups is 1. The second-order valence-corrected chi connectivity index (χ2v) is 10.9. The van der Waals surface area contributed by atoms with Gasteiger partial charge in [0.15, 0.2) is 0 Å². The van der Waals surface area contributed by atoms with Crippen molar-refractivity contribution in [2.75, 3.05) is 23.7 Å². The Morgan fingerprint density at radius 1 is 1.09 bits per heavy atom. The van der Waals surface area contributed by atoms with Crippen LogP contribution in [0.3, 0.4) is 0 Å². The van der Waals surface area contributed by atoms with Crippen molar-refractivity contribution in [3.8, 4) is 11.6 Å². The molecule has 1 fully saturated rings. The zero-order valence-electron chi connectivity index (χ0n) is 21.1. The second kappa shape index (κ2) is 9.68. The summed E-state index contributed by atoms with van der Waals surface area (Å²) in [4.78, 5) is 4.86. The fourth-order valence-electron chi connectivity index (χ4n) is 4.61. The average Bonchev–Trinajstić information content (AvgIpc) is 3.24. The second-order valence-electron chi connectivity index (χ2n) is 10.9. The Balaban J connectivity index is 1.62. The molecule has 0 amide bonds. The van der Waals surface area contributed by atoms with E-state index < -0.39 is 12.5 Å². The molecule has 4 rings (SSSR count). The summed E-state index contributed by atoms with van der Waals surface area (Å²) in [5.41, 5.74) is 3.59. The molecule has 7 nitrogen and oxygen atoms in total. The van der Waals surface area contributed by atoms with Crippen LogP contribution in [0.1, 0.15) is 64.5 Å². The number of halogens is 2. The molecular formula is C26H35F2N5O2. The predicted molar refractivity (Wildman–Crippen MR) is 134 cm³/mol. The van der Waals surface area contributed by atoms with Gasteiger partial charge in [0.2, 0.25) is 0 Å². The number of fused-ring (bicyclic) bond motifs is 1. The highest BCUT2D eigenvalue weighted by atomic mass is 19.3. The molecule has 1 aliphatic carbocycles. The van der Waals surface area contributed by atoms with Gasteiger partial charge in [-0.25, -0.2) is 13.8 Å². The summed E-state index contributed by atoms with van der Waals surface area (Å²) in [5, 5.41) is 25.1. The van der Waals surface area contributed by atoms with Crippen molar-refractivity contribution in [2.45, 2.75) is 77.7 Å². The van der Waals surface area contributed by atoms with E-state index in [0.717, 1.165) is 54.6 Å². The van der Waals surface area contributed by atoms with Gasteiger partial charge in [0, 0.05) is 24.5 Å². The summed E-state index contributed by atoms with van der Waals surface area (Å²) in [6.45, 7) is 9.30. The first kappa shape index (κ1) is 25.3. The van der Waals surface area contributed by atoms with Crippen LogP contribution in [-0.2, 0) is 5.41 Å². The van der Waals surface area contributed by atoms with E-state index in [4.69, 9.17) is 9.40 Å². The number of aryl methyl sites for hydroxylation is 1. The molecule has 0 spiro atoms. The van der Waals surface area contributed by atoms with Gasteiger partial charge < -0.3 is 20.2 Å². The van der Waals surface area contributed by atoms with Gasteiger partial charge in [-0.15, -0.1) is 5.10 Å². The molecule has 2 aromatic heterocycles. The molecule has 1 saturated carbocycles. The lowest BCUT2D eigenvalue weighted by Gasteiger charge is -2.25. The topological polar surface area (TPSA) is 96.1 Å². The first-order valence-electron chi connectivity index (χ1n) is 12.2. The molecule has 0 aliphatic heterocycles. The Kier molecular flexibility index (Phi) is 6.99. The van der Waals surface area contributed by atoms with Gasteiger partial charge >= 0.3 is 6.01 Å². The minimum absolute atomic E-state index is 0.232. The van der Waals surface area contributed by atoms with E-state index in [1.807, 2.05) is 25.1 Å². The third-order valence-corrected chi connectivity index (χ3v) is 6.47. The number of pyridine rings is 1. The van der Waals surface area contributed by atoms with Crippen LogP contribution in [0.25, 0.3) is 22.5 Å². The number of hydrogen-bond acceptors (Lipinski definition) is 7. The van der Waals surface area contributed by atoms with Crippen LogP contribution >= 0.6 is 0 Å². The van der Waals surface area contributed by atoms with Crippen molar-refractivity contribution in [3.63, 3.8) is 0 Å². The molecule has 1 aliphatic rings. The molecule has 2 heterocycles. The van der Waals surface area contributed by atoms with E-state index in [0.29, 0.717) is 35.7 Å². The standard InChI is InChI=1S/C26H35F2N5O2/c1-15-9-21(23-32-33-24(35-23)29-13-16-7-6-8-18(34)10-16)31-22-19(15)11-17(30-14-26(5,27)28)12-20(22)25(2,3)4/h9,11-12,16,18,30,34H,6-8,10,13-14H2,1-5H3,(H,29,33). The number of rotatable bonds is 7. The van der Waals surface area contributed by atoms with Crippen molar-refractivity contribution in [1.82, 2.24) is 15.2 Å². The summed E-state index contributed by atoms with van der Waals surface area (Å²) in [7, 11) is 0.